The summed E-state index contributed by atoms with van der Waals surface area (Å²) in [7, 11) is 1.99. The molecule has 4 saturated carbocycles. The molecule has 0 spiro atoms. The number of amides is 1. The molecule has 6 heteroatoms. The zero-order valence-corrected chi connectivity index (χ0v) is 16.9. The van der Waals surface area contributed by atoms with E-state index >= 15 is 0 Å². The highest BCUT2D eigenvalue weighted by atomic mass is 35.5. The minimum Gasteiger partial charge on any atom is -0.471 e. The third kappa shape index (κ3) is 3.10. The number of carbonyl (C=O) groups is 1. The largest absolute Gasteiger partial charge is 0.471 e. The fraction of sp³-hybridized carbons (Fsp3) is 0.545. The first-order chi connectivity index (χ1) is 13.5. The summed E-state index contributed by atoms with van der Waals surface area (Å²) >= 11 is 5.92. The smallest absolute Gasteiger partial charge is 0.272 e. The molecule has 148 valence electrons. The molecule has 0 atom stereocenters. The Kier molecular flexibility index (Phi) is 4.38. The van der Waals surface area contributed by atoms with E-state index < -0.39 is 0 Å². The van der Waals surface area contributed by atoms with Gasteiger partial charge in [-0.3, -0.25) is 4.79 Å². The standard InChI is InChI=1S/C22H26ClN3O2/c1-25(22-11-15-8-16(12-22)10-17(9-15)13-22)21(27)20-6-7-24-26(20)14-28-19-4-2-18(23)3-5-19/h2-7,15-17H,8-14H2,1H3. The third-order valence-electron chi connectivity index (χ3n) is 7.12. The summed E-state index contributed by atoms with van der Waals surface area (Å²) in [5, 5.41) is 4.98. The predicted molar refractivity (Wildman–Crippen MR) is 107 cm³/mol. The Bertz CT molecular complexity index is 841. The van der Waals surface area contributed by atoms with Crippen molar-refractivity contribution in [2.75, 3.05) is 7.05 Å². The van der Waals surface area contributed by atoms with Crippen LogP contribution in [0.25, 0.3) is 0 Å². The molecular weight excluding hydrogens is 374 g/mol. The summed E-state index contributed by atoms with van der Waals surface area (Å²) in [6.07, 6.45) is 9.27. The maximum absolute atomic E-state index is 13.4. The molecular formula is C22H26ClN3O2. The third-order valence-corrected chi connectivity index (χ3v) is 7.38. The van der Waals surface area contributed by atoms with Crippen LogP contribution in [0.1, 0.15) is 49.0 Å². The van der Waals surface area contributed by atoms with Gasteiger partial charge in [0.15, 0.2) is 6.73 Å². The lowest BCUT2D eigenvalue weighted by Gasteiger charge is -2.59. The average Bonchev–Trinajstić information content (AvgIpc) is 3.14. The normalized spacial score (nSPS) is 30.4. The van der Waals surface area contributed by atoms with Gasteiger partial charge in [0.2, 0.25) is 0 Å². The molecule has 4 aliphatic carbocycles. The van der Waals surface area contributed by atoms with E-state index in [0.717, 1.165) is 37.0 Å². The summed E-state index contributed by atoms with van der Waals surface area (Å²) in [5.74, 6) is 3.17. The van der Waals surface area contributed by atoms with E-state index in [4.69, 9.17) is 16.3 Å². The first-order valence-electron chi connectivity index (χ1n) is 10.2. The van der Waals surface area contributed by atoms with Crippen LogP contribution in [0.3, 0.4) is 0 Å². The SMILES string of the molecule is CN(C(=O)c1ccnn1COc1ccc(Cl)cc1)C12CC3CC(CC(C3)C1)C2. The van der Waals surface area contributed by atoms with Gasteiger partial charge in [0.05, 0.1) is 0 Å². The second-order valence-electron chi connectivity index (χ2n) is 8.95. The number of hydrogen-bond acceptors (Lipinski definition) is 3. The minimum atomic E-state index is 0.0397. The lowest BCUT2D eigenvalue weighted by atomic mass is 9.52. The molecule has 0 aliphatic heterocycles. The first kappa shape index (κ1) is 18.0. The van der Waals surface area contributed by atoms with E-state index in [9.17, 15) is 4.79 Å². The number of halogens is 1. The zero-order valence-electron chi connectivity index (χ0n) is 16.2. The van der Waals surface area contributed by atoms with Gasteiger partial charge in [-0.1, -0.05) is 11.6 Å². The maximum atomic E-state index is 13.4. The molecule has 1 aromatic carbocycles. The molecule has 1 heterocycles. The Balaban J connectivity index is 1.32. The van der Waals surface area contributed by atoms with Gasteiger partial charge >= 0.3 is 0 Å². The summed E-state index contributed by atoms with van der Waals surface area (Å²) < 4.78 is 7.44. The van der Waals surface area contributed by atoms with E-state index in [-0.39, 0.29) is 18.2 Å². The van der Waals surface area contributed by atoms with E-state index in [0.29, 0.717) is 16.5 Å². The Morgan fingerprint density at radius 2 is 1.75 bits per heavy atom. The highest BCUT2D eigenvalue weighted by Crippen LogP contribution is 2.57. The Morgan fingerprint density at radius 3 is 2.36 bits per heavy atom. The number of aromatic nitrogens is 2. The number of nitrogens with zero attached hydrogens (tertiary/aromatic N) is 3. The second kappa shape index (κ2) is 6.80. The number of carbonyl (C=O) groups excluding carboxylic acids is 1. The molecule has 4 bridgehead atoms. The van der Waals surface area contributed by atoms with Gasteiger partial charge in [0.25, 0.3) is 5.91 Å². The molecule has 0 unspecified atom stereocenters. The van der Waals surface area contributed by atoms with Crippen molar-refractivity contribution in [1.29, 1.82) is 0 Å². The molecule has 6 rings (SSSR count). The summed E-state index contributed by atoms with van der Waals surface area (Å²) in [5.41, 5.74) is 0.630. The van der Waals surface area contributed by atoms with Gasteiger partial charge in [-0.25, -0.2) is 4.68 Å². The van der Waals surface area contributed by atoms with Crippen molar-refractivity contribution < 1.29 is 9.53 Å². The lowest BCUT2D eigenvalue weighted by molar-refractivity contribution is -0.0669. The molecule has 5 nitrogen and oxygen atoms in total. The maximum Gasteiger partial charge on any atom is 0.272 e. The van der Waals surface area contributed by atoms with Crippen LogP contribution in [0.4, 0.5) is 0 Å². The van der Waals surface area contributed by atoms with E-state index in [2.05, 4.69) is 5.10 Å². The number of ether oxygens (including phenoxy) is 1. The Labute approximate surface area is 170 Å². The predicted octanol–water partition coefficient (Wildman–Crippen LogP) is 4.61. The van der Waals surface area contributed by atoms with E-state index in [1.54, 1.807) is 29.1 Å². The molecule has 4 fully saturated rings. The van der Waals surface area contributed by atoms with Crippen LogP contribution < -0.4 is 4.74 Å². The molecule has 4 aliphatic rings. The fourth-order valence-electron chi connectivity index (χ4n) is 6.15. The minimum absolute atomic E-state index is 0.0397. The van der Waals surface area contributed by atoms with Gasteiger partial charge < -0.3 is 9.64 Å². The van der Waals surface area contributed by atoms with Crippen LogP contribution in [0, 0.1) is 17.8 Å². The molecule has 28 heavy (non-hydrogen) atoms. The van der Waals surface area contributed by atoms with Gasteiger partial charge in [-0.05, 0) is 86.6 Å². The molecule has 1 amide bonds. The van der Waals surface area contributed by atoms with Gasteiger partial charge in [-0.15, -0.1) is 0 Å². The van der Waals surface area contributed by atoms with E-state index in [1.807, 2.05) is 24.1 Å². The van der Waals surface area contributed by atoms with Crippen LogP contribution in [0.5, 0.6) is 5.75 Å². The van der Waals surface area contributed by atoms with Crippen molar-refractivity contribution in [3.05, 3.63) is 47.2 Å². The van der Waals surface area contributed by atoms with Crippen LogP contribution in [0.2, 0.25) is 5.02 Å². The first-order valence-corrected chi connectivity index (χ1v) is 10.6. The van der Waals surface area contributed by atoms with Crippen molar-refractivity contribution in [2.24, 2.45) is 17.8 Å². The monoisotopic (exact) mass is 399 g/mol. The molecule has 0 radical (unpaired) electrons. The molecule has 0 saturated heterocycles. The number of rotatable bonds is 5. The van der Waals surface area contributed by atoms with Crippen molar-refractivity contribution in [1.82, 2.24) is 14.7 Å². The van der Waals surface area contributed by atoms with Crippen LogP contribution in [-0.2, 0) is 6.73 Å². The Hall–Kier alpha value is -2.01. The van der Waals surface area contributed by atoms with E-state index in [1.165, 1.54) is 19.3 Å². The van der Waals surface area contributed by atoms with Gasteiger partial charge in [0.1, 0.15) is 11.4 Å². The van der Waals surface area contributed by atoms with Crippen molar-refractivity contribution in [3.63, 3.8) is 0 Å². The van der Waals surface area contributed by atoms with Crippen LogP contribution in [-0.4, -0.2) is 33.2 Å². The van der Waals surface area contributed by atoms with Crippen molar-refractivity contribution >= 4 is 17.5 Å². The lowest BCUT2D eigenvalue weighted by Crippen LogP contribution is -2.60. The van der Waals surface area contributed by atoms with Crippen LogP contribution in [0.15, 0.2) is 36.5 Å². The zero-order chi connectivity index (χ0) is 19.3. The van der Waals surface area contributed by atoms with Crippen LogP contribution >= 0.6 is 11.6 Å². The Morgan fingerprint density at radius 1 is 1.14 bits per heavy atom. The molecule has 2 aromatic rings. The second-order valence-corrected chi connectivity index (χ2v) is 9.39. The molecule has 0 N–H and O–H groups in total. The number of benzene rings is 1. The van der Waals surface area contributed by atoms with Crippen molar-refractivity contribution in [2.45, 2.75) is 50.8 Å². The fourth-order valence-corrected chi connectivity index (χ4v) is 6.27. The van der Waals surface area contributed by atoms with Crippen molar-refractivity contribution in [3.8, 4) is 5.75 Å². The highest BCUT2D eigenvalue weighted by molar-refractivity contribution is 6.30. The molecule has 1 aromatic heterocycles. The summed E-state index contributed by atoms with van der Waals surface area (Å²) in [6.45, 7) is 0.199. The summed E-state index contributed by atoms with van der Waals surface area (Å²) in [6, 6.07) is 8.99. The average molecular weight is 400 g/mol. The number of hydrogen-bond donors (Lipinski definition) is 0. The quantitative estimate of drug-likeness (QED) is 0.737. The summed E-state index contributed by atoms with van der Waals surface area (Å²) in [4.78, 5) is 15.4. The highest BCUT2D eigenvalue weighted by Gasteiger charge is 2.54. The topological polar surface area (TPSA) is 47.4 Å². The van der Waals surface area contributed by atoms with Gasteiger partial charge in [-0.2, -0.15) is 5.10 Å². The van der Waals surface area contributed by atoms with Gasteiger partial charge in [0, 0.05) is 23.8 Å².